The normalized spacial score (nSPS) is 10.6. The van der Waals surface area contributed by atoms with E-state index in [1.165, 1.54) is 18.3 Å². The number of hydrogen-bond donors (Lipinski definition) is 2. The minimum Gasteiger partial charge on any atom is -0.494 e. The van der Waals surface area contributed by atoms with Gasteiger partial charge in [-0.15, -0.1) is 0 Å². The predicted octanol–water partition coefficient (Wildman–Crippen LogP) is 4.21. The number of anilines is 2. The number of hydrogen-bond acceptors (Lipinski definition) is 5. The first-order valence-electron chi connectivity index (χ1n) is 8.19. The number of aromatic nitrogens is 1. The summed E-state index contributed by atoms with van der Waals surface area (Å²) in [6.07, 6.45) is 0. The molecule has 2 aromatic carbocycles. The minimum absolute atomic E-state index is 0.179. The number of rotatable bonds is 5. The van der Waals surface area contributed by atoms with E-state index < -0.39 is 0 Å². The van der Waals surface area contributed by atoms with Gasteiger partial charge in [0.25, 0.3) is 5.91 Å². The number of nitrogens with one attached hydrogen (secondary N) is 2. The van der Waals surface area contributed by atoms with Crippen molar-refractivity contribution in [3.05, 3.63) is 47.5 Å². The standard InChI is InChI=1S/C19H19N3O3S/c1-4-25-14-7-8-15-17(10-14)26-19(21-15)22-18(24)13-6-5-11(2)16(9-13)20-12(3)23/h5-10H,4H2,1-3H3,(H,20,23)(H,21,22,24). The Morgan fingerprint density at radius 2 is 1.96 bits per heavy atom. The number of nitrogens with zero attached hydrogens (tertiary/aromatic N) is 1. The highest BCUT2D eigenvalue weighted by Gasteiger charge is 2.12. The number of amides is 2. The molecule has 6 nitrogen and oxygen atoms in total. The van der Waals surface area contributed by atoms with Crippen LogP contribution in [0.1, 0.15) is 29.8 Å². The number of ether oxygens (including phenoxy) is 1. The van der Waals surface area contributed by atoms with Gasteiger partial charge in [-0.3, -0.25) is 14.9 Å². The maximum absolute atomic E-state index is 12.5. The van der Waals surface area contributed by atoms with Gasteiger partial charge in [0.1, 0.15) is 5.75 Å². The van der Waals surface area contributed by atoms with Crippen molar-refractivity contribution in [1.29, 1.82) is 0 Å². The van der Waals surface area contributed by atoms with E-state index in [0.717, 1.165) is 21.5 Å². The van der Waals surface area contributed by atoms with E-state index in [1.54, 1.807) is 18.2 Å². The molecular formula is C19H19N3O3S. The minimum atomic E-state index is -0.277. The van der Waals surface area contributed by atoms with Crippen LogP contribution in [0, 0.1) is 6.92 Å². The van der Waals surface area contributed by atoms with Crippen molar-refractivity contribution in [3.63, 3.8) is 0 Å². The second-order valence-electron chi connectivity index (χ2n) is 5.75. The Kier molecular flexibility index (Phi) is 5.18. The quantitative estimate of drug-likeness (QED) is 0.706. The summed E-state index contributed by atoms with van der Waals surface area (Å²) in [5, 5.41) is 6.05. The zero-order chi connectivity index (χ0) is 18.7. The van der Waals surface area contributed by atoms with Gasteiger partial charge >= 0.3 is 0 Å². The highest BCUT2D eigenvalue weighted by atomic mass is 32.1. The summed E-state index contributed by atoms with van der Waals surface area (Å²) in [5.74, 6) is 0.322. The molecule has 0 atom stereocenters. The molecule has 0 aliphatic heterocycles. The van der Waals surface area contributed by atoms with Crippen LogP contribution in [-0.4, -0.2) is 23.4 Å². The SMILES string of the molecule is CCOc1ccc2nc(NC(=O)c3ccc(C)c(NC(C)=O)c3)sc2c1. The van der Waals surface area contributed by atoms with Crippen LogP contribution in [0.5, 0.6) is 5.75 Å². The van der Waals surface area contributed by atoms with Crippen LogP contribution in [0.15, 0.2) is 36.4 Å². The summed E-state index contributed by atoms with van der Waals surface area (Å²) in [6.45, 7) is 5.83. The molecule has 2 amide bonds. The van der Waals surface area contributed by atoms with Crippen LogP contribution < -0.4 is 15.4 Å². The number of aryl methyl sites for hydroxylation is 1. The van der Waals surface area contributed by atoms with E-state index >= 15 is 0 Å². The number of carbonyl (C=O) groups excluding carboxylic acids is 2. The summed E-state index contributed by atoms with van der Waals surface area (Å²) in [6, 6.07) is 10.8. The molecule has 1 aromatic heterocycles. The monoisotopic (exact) mass is 369 g/mol. The molecule has 0 saturated carbocycles. The van der Waals surface area contributed by atoms with Gasteiger partial charge in [0, 0.05) is 18.2 Å². The number of thiazole rings is 1. The lowest BCUT2D eigenvalue weighted by Gasteiger charge is -2.09. The molecule has 0 fully saturated rings. The molecule has 0 radical (unpaired) electrons. The van der Waals surface area contributed by atoms with E-state index in [-0.39, 0.29) is 11.8 Å². The molecule has 3 aromatic rings. The largest absolute Gasteiger partial charge is 0.494 e. The Morgan fingerprint density at radius 1 is 1.15 bits per heavy atom. The summed E-state index contributed by atoms with van der Waals surface area (Å²) >= 11 is 1.39. The summed E-state index contributed by atoms with van der Waals surface area (Å²) in [5.41, 5.74) is 2.77. The zero-order valence-corrected chi connectivity index (χ0v) is 15.6. The van der Waals surface area contributed by atoms with Crippen molar-refractivity contribution in [2.24, 2.45) is 0 Å². The third-order valence-electron chi connectivity index (χ3n) is 3.70. The first kappa shape index (κ1) is 17.9. The maximum atomic E-state index is 12.5. The molecule has 0 aliphatic rings. The van der Waals surface area contributed by atoms with E-state index in [1.807, 2.05) is 32.0 Å². The lowest BCUT2D eigenvalue weighted by Crippen LogP contribution is -2.13. The van der Waals surface area contributed by atoms with E-state index in [4.69, 9.17) is 4.74 Å². The van der Waals surface area contributed by atoms with Gasteiger partial charge in [-0.1, -0.05) is 17.4 Å². The van der Waals surface area contributed by atoms with Crippen LogP contribution in [0.25, 0.3) is 10.2 Å². The Balaban J connectivity index is 1.81. The lowest BCUT2D eigenvalue weighted by atomic mass is 10.1. The van der Waals surface area contributed by atoms with Gasteiger partial charge in [0.05, 0.1) is 16.8 Å². The van der Waals surface area contributed by atoms with Crippen molar-refractivity contribution >= 4 is 44.2 Å². The predicted molar refractivity (Wildman–Crippen MR) is 104 cm³/mol. The second-order valence-corrected chi connectivity index (χ2v) is 6.78. The molecular weight excluding hydrogens is 350 g/mol. The third kappa shape index (κ3) is 4.00. The smallest absolute Gasteiger partial charge is 0.257 e. The molecule has 0 aliphatic carbocycles. The third-order valence-corrected chi connectivity index (χ3v) is 4.64. The second kappa shape index (κ2) is 7.53. The molecule has 26 heavy (non-hydrogen) atoms. The van der Waals surface area contributed by atoms with Gasteiger partial charge in [-0.25, -0.2) is 4.98 Å². The highest BCUT2D eigenvalue weighted by Crippen LogP contribution is 2.29. The Labute approximate surface area is 155 Å². The van der Waals surface area contributed by atoms with E-state index in [0.29, 0.717) is 23.0 Å². The maximum Gasteiger partial charge on any atom is 0.257 e. The fraction of sp³-hybridized carbons (Fsp3) is 0.211. The molecule has 0 spiro atoms. The van der Waals surface area contributed by atoms with Crippen LogP contribution in [0.4, 0.5) is 10.8 Å². The van der Waals surface area contributed by atoms with Crippen LogP contribution in [0.3, 0.4) is 0 Å². The molecule has 3 rings (SSSR count). The summed E-state index contributed by atoms with van der Waals surface area (Å²) in [7, 11) is 0. The van der Waals surface area contributed by atoms with Crippen molar-refractivity contribution in [1.82, 2.24) is 4.98 Å². The van der Waals surface area contributed by atoms with E-state index in [2.05, 4.69) is 15.6 Å². The average molecular weight is 369 g/mol. The molecule has 0 bridgehead atoms. The molecule has 0 unspecified atom stereocenters. The van der Waals surface area contributed by atoms with Crippen molar-refractivity contribution in [3.8, 4) is 5.75 Å². The fourth-order valence-electron chi connectivity index (χ4n) is 2.47. The van der Waals surface area contributed by atoms with Crippen LogP contribution in [-0.2, 0) is 4.79 Å². The topological polar surface area (TPSA) is 80.3 Å². The van der Waals surface area contributed by atoms with Crippen molar-refractivity contribution in [2.45, 2.75) is 20.8 Å². The molecule has 0 saturated heterocycles. The van der Waals surface area contributed by atoms with Crippen molar-refractivity contribution < 1.29 is 14.3 Å². The van der Waals surface area contributed by atoms with Gasteiger partial charge < -0.3 is 10.1 Å². The number of carbonyl (C=O) groups is 2. The number of fused-ring (bicyclic) bond motifs is 1. The Hall–Kier alpha value is -2.93. The Morgan fingerprint density at radius 3 is 2.69 bits per heavy atom. The van der Waals surface area contributed by atoms with Gasteiger partial charge in [0.15, 0.2) is 5.13 Å². The first-order valence-corrected chi connectivity index (χ1v) is 9.01. The lowest BCUT2D eigenvalue weighted by molar-refractivity contribution is -0.114. The van der Waals surface area contributed by atoms with Crippen LogP contribution in [0.2, 0.25) is 0 Å². The summed E-state index contributed by atoms with van der Waals surface area (Å²) in [4.78, 5) is 28.2. The molecule has 2 N–H and O–H groups in total. The van der Waals surface area contributed by atoms with Crippen molar-refractivity contribution in [2.75, 3.05) is 17.2 Å². The zero-order valence-electron chi connectivity index (χ0n) is 14.8. The van der Waals surface area contributed by atoms with Gasteiger partial charge in [0.2, 0.25) is 5.91 Å². The van der Waals surface area contributed by atoms with E-state index in [9.17, 15) is 9.59 Å². The molecule has 7 heteroatoms. The molecule has 134 valence electrons. The average Bonchev–Trinajstić information content (AvgIpc) is 2.98. The summed E-state index contributed by atoms with van der Waals surface area (Å²) < 4.78 is 6.43. The number of benzene rings is 2. The molecule has 1 heterocycles. The van der Waals surface area contributed by atoms with Crippen LogP contribution >= 0.6 is 11.3 Å². The van der Waals surface area contributed by atoms with Gasteiger partial charge in [-0.05, 0) is 49.7 Å². The highest BCUT2D eigenvalue weighted by molar-refractivity contribution is 7.22. The van der Waals surface area contributed by atoms with Gasteiger partial charge in [-0.2, -0.15) is 0 Å². The fourth-order valence-corrected chi connectivity index (χ4v) is 3.36. The first-order chi connectivity index (χ1) is 12.5. The Bertz CT molecular complexity index is 981.